The second-order valence-electron chi connectivity index (χ2n) is 5.68. The molecule has 0 radical (unpaired) electrons. The van der Waals surface area contributed by atoms with Gasteiger partial charge in [0.25, 0.3) is 0 Å². The number of nitrogens with zero attached hydrogens (tertiary/aromatic N) is 1. The van der Waals surface area contributed by atoms with Crippen LogP contribution in [-0.2, 0) is 14.3 Å². The van der Waals surface area contributed by atoms with E-state index in [1.807, 2.05) is 31.2 Å². The number of amides is 2. The van der Waals surface area contributed by atoms with Gasteiger partial charge in [-0.25, -0.2) is 0 Å². The Labute approximate surface area is 134 Å². The summed E-state index contributed by atoms with van der Waals surface area (Å²) in [5.41, 5.74) is 0.742. The summed E-state index contributed by atoms with van der Waals surface area (Å²) in [4.78, 5) is 26.1. The SMILES string of the molecule is C[C@H]1CN[C@H](C(=O)NCC(=O)N2CCOc3ccccc32)CO1. The second kappa shape index (κ2) is 6.97. The Hall–Kier alpha value is -2.12. The number of nitrogens with one attached hydrogen (secondary N) is 2. The first-order valence-corrected chi connectivity index (χ1v) is 7.80. The van der Waals surface area contributed by atoms with Gasteiger partial charge in [-0.1, -0.05) is 12.1 Å². The van der Waals surface area contributed by atoms with E-state index < -0.39 is 6.04 Å². The third-order valence-electron chi connectivity index (χ3n) is 3.96. The molecule has 0 spiro atoms. The van der Waals surface area contributed by atoms with Crippen molar-refractivity contribution < 1.29 is 19.1 Å². The molecule has 2 N–H and O–H groups in total. The Kier molecular flexibility index (Phi) is 4.78. The van der Waals surface area contributed by atoms with Crippen molar-refractivity contribution in [2.45, 2.75) is 19.1 Å². The molecule has 2 heterocycles. The molecule has 1 aromatic rings. The van der Waals surface area contributed by atoms with Crippen LogP contribution in [0.4, 0.5) is 5.69 Å². The molecule has 3 rings (SSSR count). The Balaban J connectivity index is 1.55. The van der Waals surface area contributed by atoms with Crippen LogP contribution in [0.3, 0.4) is 0 Å². The van der Waals surface area contributed by atoms with E-state index in [0.717, 1.165) is 5.69 Å². The number of anilines is 1. The van der Waals surface area contributed by atoms with E-state index in [4.69, 9.17) is 9.47 Å². The number of ether oxygens (including phenoxy) is 2. The van der Waals surface area contributed by atoms with Gasteiger partial charge in [0.1, 0.15) is 18.4 Å². The molecule has 124 valence electrons. The number of fused-ring (bicyclic) bond motifs is 1. The monoisotopic (exact) mass is 319 g/mol. The van der Waals surface area contributed by atoms with Gasteiger partial charge in [-0.2, -0.15) is 0 Å². The van der Waals surface area contributed by atoms with Crippen molar-refractivity contribution in [2.75, 3.05) is 37.7 Å². The molecule has 2 amide bonds. The Morgan fingerprint density at radius 1 is 1.39 bits per heavy atom. The van der Waals surface area contributed by atoms with Crippen molar-refractivity contribution >= 4 is 17.5 Å². The summed E-state index contributed by atoms with van der Waals surface area (Å²) in [5, 5.41) is 5.79. The smallest absolute Gasteiger partial charge is 0.246 e. The summed E-state index contributed by atoms with van der Waals surface area (Å²) in [7, 11) is 0. The summed E-state index contributed by atoms with van der Waals surface area (Å²) in [6.45, 7) is 3.78. The predicted molar refractivity (Wildman–Crippen MR) is 84.5 cm³/mol. The fourth-order valence-electron chi connectivity index (χ4n) is 2.66. The molecule has 0 aromatic heterocycles. The van der Waals surface area contributed by atoms with Crippen molar-refractivity contribution in [1.82, 2.24) is 10.6 Å². The van der Waals surface area contributed by atoms with Gasteiger partial charge in [-0.3, -0.25) is 9.59 Å². The summed E-state index contributed by atoms with van der Waals surface area (Å²) in [6.07, 6.45) is 0.102. The normalized spacial score (nSPS) is 23.6. The van der Waals surface area contributed by atoms with Crippen LogP contribution in [0.25, 0.3) is 0 Å². The molecular formula is C16H21N3O4. The van der Waals surface area contributed by atoms with Gasteiger partial charge in [0.15, 0.2) is 0 Å². The van der Waals surface area contributed by atoms with Crippen molar-refractivity contribution in [3.63, 3.8) is 0 Å². The third-order valence-corrected chi connectivity index (χ3v) is 3.96. The molecule has 0 saturated carbocycles. The molecule has 0 bridgehead atoms. The average Bonchev–Trinajstić information content (AvgIpc) is 2.59. The van der Waals surface area contributed by atoms with Crippen LogP contribution >= 0.6 is 0 Å². The lowest BCUT2D eigenvalue weighted by Crippen LogP contribution is -2.55. The maximum absolute atomic E-state index is 12.4. The number of hydrogen-bond acceptors (Lipinski definition) is 5. The first-order chi connectivity index (χ1) is 11.1. The first-order valence-electron chi connectivity index (χ1n) is 7.80. The standard InChI is InChI=1S/C16H21N3O4/c1-11-8-17-12(10-23-11)16(21)18-9-15(20)19-6-7-22-14-5-3-2-4-13(14)19/h2-5,11-12,17H,6-10H2,1H3,(H,18,21)/t11-,12-/m0/s1. The molecule has 2 atom stereocenters. The molecule has 1 saturated heterocycles. The predicted octanol–water partition coefficient (Wildman–Crippen LogP) is -0.0949. The van der Waals surface area contributed by atoms with Crippen molar-refractivity contribution in [3.8, 4) is 5.75 Å². The van der Waals surface area contributed by atoms with E-state index in [1.165, 1.54) is 0 Å². The van der Waals surface area contributed by atoms with Gasteiger partial charge in [-0.05, 0) is 19.1 Å². The van der Waals surface area contributed by atoms with Gasteiger partial charge < -0.3 is 25.0 Å². The van der Waals surface area contributed by atoms with Crippen LogP contribution in [0.5, 0.6) is 5.75 Å². The minimum absolute atomic E-state index is 0.0408. The van der Waals surface area contributed by atoms with Crippen molar-refractivity contribution in [1.29, 1.82) is 0 Å². The highest BCUT2D eigenvalue weighted by atomic mass is 16.5. The number of rotatable bonds is 3. The number of benzene rings is 1. The van der Waals surface area contributed by atoms with Crippen LogP contribution < -0.4 is 20.3 Å². The van der Waals surface area contributed by atoms with Gasteiger partial charge in [-0.15, -0.1) is 0 Å². The minimum atomic E-state index is -0.407. The molecule has 0 unspecified atom stereocenters. The molecular weight excluding hydrogens is 298 g/mol. The summed E-state index contributed by atoms with van der Waals surface area (Å²) in [6, 6.07) is 6.99. The van der Waals surface area contributed by atoms with Gasteiger partial charge >= 0.3 is 0 Å². The highest BCUT2D eigenvalue weighted by Gasteiger charge is 2.27. The lowest BCUT2D eigenvalue weighted by Gasteiger charge is -2.30. The molecule has 1 fully saturated rings. The number of para-hydroxylation sites is 2. The minimum Gasteiger partial charge on any atom is -0.490 e. The average molecular weight is 319 g/mol. The number of carbonyl (C=O) groups is 2. The van der Waals surface area contributed by atoms with Gasteiger partial charge in [0, 0.05) is 6.54 Å². The molecule has 2 aliphatic rings. The fraction of sp³-hybridized carbons (Fsp3) is 0.500. The zero-order valence-corrected chi connectivity index (χ0v) is 13.1. The number of hydrogen-bond donors (Lipinski definition) is 2. The second-order valence-corrected chi connectivity index (χ2v) is 5.68. The number of morpholine rings is 1. The zero-order chi connectivity index (χ0) is 16.2. The van der Waals surface area contributed by atoms with E-state index in [2.05, 4.69) is 10.6 Å². The fourth-order valence-corrected chi connectivity index (χ4v) is 2.66. The molecule has 7 heteroatoms. The first kappa shape index (κ1) is 15.8. The molecule has 23 heavy (non-hydrogen) atoms. The lowest BCUT2D eigenvalue weighted by molar-refractivity contribution is -0.129. The topological polar surface area (TPSA) is 79.9 Å². The van der Waals surface area contributed by atoms with E-state index in [9.17, 15) is 9.59 Å². The van der Waals surface area contributed by atoms with Crippen molar-refractivity contribution in [2.24, 2.45) is 0 Å². The molecule has 2 aliphatic heterocycles. The Bertz CT molecular complexity index is 584. The highest BCUT2D eigenvalue weighted by molar-refractivity contribution is 5.98. The molecule has 1 aromatic carbocycles. The maximum atomic E-state index is 12.4. The number of carbonyl (C=O) groups excluding carboxylic acids is 2. The maximum Gasteiger partial charge on any atom is 0.246 e. The quantitative estimate of drug-likeness (QED) is 0.814. The van der Waals surface area contributed by atoms with Gasteiger partial charge in [0.2, 0.25) is 11.8 Å². The Morgan fingerprint density at radius 2 is 2.22 bits per heavy atom. The van der Waals surface area contributed by atoms with Crippen molar-refractivity contribution in [3.05, 3.63) is 24.3 Å². The highest BCUT2D eigenvalue weighted by Crippen LogP contribution is 2.30. The van der Waals surface area contributed by atoms with E-state index in [0.29, 0.717) is 32.1 Å². The van der Waals surface area contributed by atoms with E-state index in [-0.39, 0.29) is 24.5 Å². The third kappa shape index (κ3) is 3.62. The molecule has 0 aliphatic carbocycles. The van der Waals surface area contributed by atoms with Crippen LogP contribution in [0, 0.1) is 0 Å². The van der Waals surface area contributed by atoms with E-state index in [1.54, 1.807) is 4.90 Å². The van der Waals surface area contributed by atoms with Crippen LogP contribution in [0.1, 0.15) is 6.92 Å². The lowest BCUT2D eigenvalue weighted by atomic mass is 10.2. The van der Waals surface area contributed by atoms with E-state index >= 15 is 0 Å². The Morgan fingerprint density at radius 3 is 3.00 bits per heavy atom. The summed E-state index contributed by atoms with van der Waals surface area (Å²) < 4.78 is 11.0. The largest absolute Gasteiger partial charge is 0.490 e. The van der Waals surface area contributed by atoms with Crippen LogP contribution in [0.2, 0.25) is 0 Å². The summed E-state index contributed by atoms with van der Waals surface area (Å²) in [5.74, 6) is 0.320. The van der Waals surface area contributed by atoms with Crippen LogP contribution in [0.15, 0.2) is 24.3 Å². The zero-order valence-electron chi connectivity index (χ0n) is 13.1. The molecule has 7 nitrogen and oxygen atoms in total. The summed E-state index contributed by atoms with van der Waals surface area (Å²) >= 11 is 0. The van der Waals surface area contributed by atoms with Crippen LogP contribution in [-0.4, -0.2) is 56.8 Å². The van der Waals surface area contributed by atoms with Gasteiger partial charge in [0.05, 0.1) is 31.5 Å².